The second kappa shape index (κ2) is 5.24. The first-order valence-corrected chi connectivity index (χ1v) is 7.33. The number of para-hydroxylation sites is 1. The topological polar surface area (TPSA) is 79.4 Å². The van der Waals surface area contributed by atoms with E-state index in [0.29, 0.717) is 17.7 Å². The molecule has 0 aliphatic rings. The van der Waals surface area contributed by atoms with E-state index in [2.05, 4.69) is 43.1 Å². The van der Waals surface area contributed by atoms with Crippen molar-refractivity contribution >= 4 is 10.9 Å². The summed E-state index contributed by atoms with van der Waals surface area (Å²) in [6, 6.07) is 8.25. The van der Waals surface area contributed by atoms with Crippen LogP contribution < -0.4 is 5.56 Å². The number of hydrogen-bond acceptors (Lipinski definition) is 3. The van der Waals surface area contributed by atoms with Crippen LogP contribution in [0.3, 0.4) is 0 Å². The lowest BCUT2D eigenvalue weighted by Crippen LogP contribution is -2.06. The zero-order valence-electron chi connectivity index (χ0n) is 12.6. The quantitative estimate of drug-likeness (QED) is 0.609. The highest BCUT2D eigenvalue weighted by molar-refractivity contribution is 5.84. The van der Waals surface area contributed by atoms with Crippen LogP contribution >= 0.6 is 0 Å². The summed E-state index contributed by atoms with van der Waals surface area (Å²) >= 11 is 0. The van der Waals surface area contributed by atoms with Gasteiger partial charge < -0.3 is 9.67 Å². The minimum Gasteiger partial charge on any atom is -0.350 e. The highest BCUT2D eigenvalue weighted by atomic mass is 16.1. The summed E-state index contributed by atoms with van der Waals surface area (Å²) in [5.74, 6) is 0. The molecular weight excluding hydrogens is 290 g/mol. The zero-order valence-corrected chi connectivity index (χ0v) is 12.6. The number of hydrogen-bond donors (Lipinski definition) is 2. The molecule has 0 fully saturated rings. The molecule has 6 heteroatoms. The van der Waals surface area contributed by atoms with Gasteiger partial charge in [0.15, 0.2) is 0 Å². The van der Waals surface area contributed by atoms with E-state index in [9.17, 15) is 4.79 Å². The number of benzene rings is 1. The van der Waals surface area contributed by atoms with Gasteiger partial charge in [0, 0.05) is 49.2 Å². The Morgan fingerprint density at radius 2 is 2.00 bits per heavy atom. The molecule has 3 heterocycles. The van der Waals surface area contributed by atoms with Crippen LogP contribution in [0.5, 0.6) is 0 Å². The Labute approximate surface area is 131 Å². The first-order chi connectivity index (χ1) is 11.2. The third-order valence-corrected chi connectivity index (χ3v) is 4.01. The molecule has 0 aliphatic heterocycles. The predicted molar refractivity (Wildman–Crippen MR) is 88.2 cm³/mol. The molecule has 0 saturated heterocycles. The molecule has 0 unspecified atom stereocenters. The minimum absolute atomic E-state index is 0.190. The summed E-state index contributed by atoms with van der Waals surface area (Å²) in [6.45, 7) is 0. The van der Waals surface area contributed by atoms with Crippen molar-refractivity contribution in [1.29, 1.82) is 0 Å². The predicted octanol–water partition coefficient (Wildman–Crippen LogP) is 2.24. The number of aryl methyl sites for hydroxylation is 1. The van der Waals surface area contributed by atoms with Gasteiger partial charge in [0.05, 0.1) is 17.0 Å². The second-order valence-corrected chi connectivity index (χ2v) is 5.47. The van der Waals surface area contributed by atoms with Crippen LogP contribution in [0.4, 0.5) is 0 Å². The maximum absolute atomic E-state index is 11.9. The average molecular weight is 305 g/mol. The van der Waals surface area contributed by atoms with Crippen LogP contribution in [0.1, 0.15) is 11.3 Å². The van der Waals surface area contributed by atoms with Gasteiger partial charge in [0.25, 0.3) is 5.56 Å². The molecule has 0 radical (unpaired) electrons. The largest absolute Gasteiger partial charge is 0.350 e. The van der Waals surface area contributed by atoms with Crippen molar-refractivity contribution < 1.29 is 0 Å². The van der Waals surface area contributed by atoms with E-state index < -0.39 is 0 Å². The summed E-state index contributed by atoms with van der Waals surface area (Å²) < 4.78 is 2.10. The number of aromatic amines is 2. The molecule has 4 aromatic rings. The molecule has 0 spiro atoms. The highest BCUT2D eigenvalue weighted by Crippen LogP contribution is 2.25. The zero-order chi connectivity index (χ0) is 15.8. The van der Waals surface area contributed by atoms with Gasteiger partial charge in [0.1, 0.15) is 0 Å². The van der Waals surface area contributed by atoms with E-state index in [1.165, 1.54) is 10.9 Å². The molecule has 2 N–H and O–H groups in total. The van der Waals surface area contributed by atoms with E-state index in [1.54, 1.807) is 18.6 Å². The van der Waals surface area contributed by atoms with Crippen LogP contribution in [0.2, 0.25) is 0 Å². The van der Waals surface area contributed by atoms with Crippen LogP contribution in [-0.2, 0) is 13.5 Å². The Kier molecular flexibility index (Phi) is 3.08. The molecule has 0 atom stereocenters. The van der Waals surface area contributed by atoms with Gasteiger partial charge in [-0.05, 0) is 11.6 Å². The lowest BCUT2D eigenvalue weighted by atomic mass is 10.0. The van der Waals surface area contributed by atoms with Crippen molar-refractivity contribution in [2.75, 3.05) is 0 Å². The van der Waals surface area contributed by atoms with Crippen molar-refractivity contribution in [3.8, 4) is 11.3 Å². The average Bonchev–Trinajstić information content (AvgIpc) is 3.13. The summed E-state index contributed by atoms with van der Waals surface area (Å²) in [7, 11) is 2.03. The maximum atomic E-state index is 11.9. The van der Waals surface area contributed by atoms with Crippen LogP contribution in [0, 0.1) is 0 Å². The first kappa shape index (κ1) is 13.5. The fourth-order valence-corrected chi connectivity index (χ4v) is 2.95. The van der Waals surface area contributed by atoms with Crippen molar-refractivity contribution in [3.63, 3.8) is 0 Å². The van der Waals surface area contributed by atoms with E-state index in [1.807, 2.05) is 19.2 Å². The number of nitrogens with zero attached hydrogens (tertiary/aromatic N) is 3. The normalized spacial score (nSPS) is 11.2. The molecule has 0 amide bonds. The molecule has 0 aliphatic carbocycles. The molecule has 23 heavy (non-hydrogen) atoms. The van der Waals surface area contributed by atoms with Gasteiger partial charge >= 0.3 is 0 Å². The van der Waals surface area contributed by atoms with Gasteiger partial charge in [0.2, 0.25) is 0 Å². The van der Waals surface area contributed by atoms with Crippen LogP contribution in [0.15, 0.2) is 53.8 Å². The summed E-state index contributed by atoms with van der Waals surface area (Å²) in [4.78, 5) is 20.7. The first-order valence-electron chi connectivity index (χ1n) is 7.33. The third kappa shape index (κ3) is 2.24. The minimum atomic E-state index is -0.190. The van der Waals surface area contributed by atoms with Gasteiger partial charge in [-0.2, -0.15) is 0 Å². The Hall–Kier alpha value is -3.15. The van der Waals surface area contributed by atoms with Crippen molar-refractivity contribution in [2.45, 2.75) is 6.42 Å². The fraction of sp³-hybridized carbons (Fsp3) is 0.118. The molecule has 6 nitrogen and oxygen atoms in total. The maximum Gasteiger partial charge on any atom is 0.273 e. The van der Waals surface area contributed by atoms with Crippen molar-refractivity contribution in [3.05, 3.63) is 70.7 Å². The third-order valence-electron chi connectivity index (χ3n) is 4.01. The lowest BCUT2D eigenvalue weighted by molar-refractivity contribution is 0.951. The Balaban J connectivity index is 1.83. The molecule has 1 aromatic carbocycles. The monoisotopic (exact) mass is 305 g/mol. The van der Waals surface area contributed by atoms with Gasteiger partial charge in [-0.25, -0.2) is 0 Å². The summed E-state index contributed by atoms with van der Waals surface area (Å²) in [6.07, 6.45) is 7.61. The van der Waals surface area contributed by atoms with Crippen molar-refractivity contribution in [2.24, 2.45) is 7.05 Å². The molecule has 0 bridgehead atoms. The summed E-state index contributed by atoms with van der Waals surface area (Å²) in [5.41, 5.74) is 4.05. The standard InChI is InChI=1S/C17H15N5O/c1-22-10-11(12-4-2-3-5-15(12)22)8-14-16(19-7-6-18-14)13-9-20-21-17(13)23/h2-7,9-10H,8H2,1H3,(H2,20,21,23). The van der Waals surface area contributed by atoms with E-state index in [0.717, 1.165) is 11.3 Å². The number of rotatable bonds is 3. The van der Waals surface area contributed by atoms with Crippen LogP contribution in [0.25, 0.3) is 22.2 Å². The van der Waals surface area contributed by atoms with E-state index >= 15 is 0 Å². The van der Waals surface area contributed by atoms with Gasteiger partial charge in [-0.15, -0.1) is 0 Å². The fourth-order valence-electron chi connectivity index (χ4n) is 2.95. The Morgan fingerprint density at radius 3 is 2.83 bits per heavy atom. The number of H-pyrrole nitrogens is 2. The number of aromatic nitrogens is 5. The Bertz CT molecular complexity index is 1040. The highest BCUT2D eigenvalue weighted by Gasteiger charge is 2.15. The van der Waals surface area contributed by atoms with Gasteiger partial charge in [-0.3, -0.25) is 19.9 Å². The second-order valence-electron chi connectivity index (χ2n) is 5.47. The molecule has 114 valence electrons. The molecule has 0 saturated carbocycles. The molecule has 3 aromatic heterocycles. The molecule has 4 rings (SSSR count). The van der Waals surface area contributed by atoms with Gasteiger partial charge in [-0.1, -0.05) is 18.2 Å². The van der Waals surface area contributed by atoms with E-state index in [4.69, 9.17) is 0 Å². The molecular formula is C17H15N5O. The van der Waals surface area contributed by atoms with Crippen molar-refractivity contribution in [1.82, 2.24) is 24.7 Å². The lowest BCUT2D eigenvalue weighted by Gasteiger charge is -2.04. The summed E-state index contributed by atoms with van der Waals surface area (Å²) in [5, 5.41) is 6.44. The van der Waals surface area contributed by atoms with Crippen LogP contribution in [-0.4, -0.2) is 24.7 Å². The number of fused-ring (bicyclic) bond motifs is 1. The Morgan fingerprint density at radius 1 is 1.17 bits per heavy atom. The van der Waals surface area contributed by atoms with E-state index in [-0.39, 0.29) is 5.56 Å². The number of nitrogens with one attached hydrogen (secondary N) is 2. The SMILES string of the molecule is Cn1cc(Cc2nccnc2-c2c[nH][nH]c2=O)c2ccccc21. The smallest absolute Gasteiger partial charge is 0.273 e.